The number of pyridine rings is 1. The van der Waals surface area contributed by atoms with E-state index in [-0.39, 0.29) is 16.3 Å². The van der Waals surface area contributed by atoms with E-state index in [4.69, 9.17) is 21.1 Å². The quantitative estimate of drug-likeness (QED) is 0.681. The minimum Gasteiger partial charge on any atom is -0.456 e. The highest BCUT2D eigenvalue weighted by atomic mass is 35.5. The average Bonchev–Trinajstić information content (AvgIpc) is 2.26. The van der Waals surface area contributed by atoms with E-state index >= 15 is 0 Å². The summed E-state index contributed by atoms with van der Waals surface area (Å²) in [4.78, 5) is 15.7. The van der Waals surface area contributed by atoms with Gasteiger partial charge < -0.3 is 14.6 Å². The molecule has 1 aromatic heterocycles. The lowest BCUT2D eigenvalue weighted by Crippen LogP contribution is -2.24. The summed E-state index contributed by atoms with van der Waals surface area (Å²) < 4.78 is 10.2. The van der Waals surface area contributed by atoms with Gasteiger partial charge in [-0.2, -0.15) is 0 Å². The van der Waals surface area contributed by atoms with Gasteiger partial charge in [0, 0.05) is 12.8 Å². The normalized spacial score (nSPS) is 13.2. The Hall–Kier alpha value is -1.17. The molecular formula is C13H18ClNO4. The first-order valence-electron chi connectivity index (χ1n) is 5.93. The first-order valence-corrected chi connectivity index (χ1v) is 6.31. The number of ether oxygens (including phenoxy) is 2. The van der Waals surface area contributed by atoms with E-state index in [0.29, 0.717) is 6.61 Å². The van der Waals surface area contributed by atoms with E-state index < -0.39 is 17.9 Å². The van der Waals surface area contributed by atoms with Crippen LogP contribution < -0.4 is 0 Å². The summed E-state index contributed by atoms with van der Waals surface area (Å²) in [5.74, 6) is -0.514. The number of hydrogen-bond donors (Lipinski definition) is 1. The van der Waals surface area contributed by atoms with Crippen molar-refractivity contribution in [2.75, 3.05) is 6.61 Å². The Balaban J connectivity index is 2.90. The first-order chi connectivity index (χ1) is 8.74. The smallest absolute Gasteiger partial charge is 0.340 e. The molecule has 6 heteroatoms. The number of rotatable bonds is 4. The van der Waals surface area contributed by atoms with Gasteiger partial charge in [0.2, 0.25) is 0 Å². The number of nitrogens with zero attached hydrogens (tertiary/aromatic N) is 1. The van der Waals surface area contributed by atoms with Crippen molar-refractivity contribution in [1.29, 1.82) is 0 Å². The fourth-order valence-electron chi connectivity index (χ4n) is 1.32. The third-order valence-electron chi connectivity index (χ3n) is 2.06. The van der Waals surface area contributed by atoms with Gasteiger partial charge in [-0.15, -0.1) is 0 Å². The molecule has 0 spiro atoms. The molecule has 0 aliphatic rings. The topological polar surface area (TPSA) is 68.7 Å². The van der Waals surface area contributed by atoms with E-state index in [1.54, 1.807) is 27.7 Å². The van der Waals surface area contributed by atoms with Crippen LogP contribution in [-0.4, -0.2) is 28.3 Å². The van der Waals surface area contributed by atoms with Gasteiger partial charge in [0.15, 0.2) is 6.29 Å². The highest BCUT2D eigenvalue weighted by Crippen LogP contribution is 2.23. The molecule has 19 heavy (non-hydrogen) atoms. The Morgan fingerprint density at radius 3 is 2.63 bits per heavy atom. The van der Waals surface area contributed by atoms with Crippen LogP contribution in [0, 0.1) is 0 Å². The largest absolute Gasteiger partial charge is 0.456 e. The minimum absolute atomic E-state index is 0.157. The van der Waals surface area contributed by atoms with Crippen molar-refractivity contribution >= 4 is 17.6 Å². The Kier molecular flexibility index (Phi) is 5.29. The molecular weight excluding hydrogens is 270 g/mol. The van der Waals surface area contributed by atoms with Gasteiger partial charge >= 0.3 is 5.97 Å². The molecule has 0 bridgehead atoms. The molecule has 1 heterocycles. The average molecular weight is 288 g/mol. The zero-order chi connectivity index (χ0) is 14.6. The Morgan fingerprint density at radius 1 is 1.53 bits per heavy atom. The molecule has 0 saturated heterocycles. The molecule has 1 unspecified atom stereocenters. The Labute approximate surface area is 117 Å². The lowest BCUT2D eigenvalue weighted by Gasteiger charge is -2.19. The summed E-state index contributed by atoms with van der Waals surface area (Å²) in [6.07, 6.45) is 0.0996. The molecule has 0 amide bonds. The van der Waals surface area contributed by atoms with Crippen LogP contribution >= 0.6 is 11.6 Å². The van der Waals surface area contributed by atoms with Crippen molar-refractivity contribution < 1.29 is 19.4 Å². The van der Waals surface area contributed by atoms with Gasteiger partial charge in [0.1, 0.15) is 11.3 Å². The highest BCUT2D eigenvalue weighted by Gasteiger charge is 2.20. The van der Waals surface area contributed by atoms with Crippen LogP contribution in [0.3, 0.4) is 0 Å². The predicted molar refractivity (Wildman–Crippen MR) is 71.0 cm³/mol. The fraction of sp³-hybridized carbons (Fsp3) is 0.538. The third kappa shape index (κ3) is 4.78. The van der Waals surface area contributed by atoms with Crippen molar-refractivity contribution in [3.05, 3.63) is 28.5 Å². The van der Waals surface area contributed by atoms with Crippen LogP contribution in [-0.2, 0) is 9.47 Å². The fourth-order valence-corrected chi connectivity index (χ4v) is 1.58. The summed E-state index contributed by atoms with van der Waals surface area (Å²) in [5, 5.41) is 9.79. The monoisotopic (exact) mass is 287 g/mol. The summed E-state index contributed by atoms with van der Waals surface area (Å²) in [7, 11) is 0. The van der Waals surface area contributed by atoms with E-state index in [1.807, 2.05) is 0 Å². The second-order valence-corrected chi connectivity index (χ2v) is 5.31. The standard InChI is InChI=1S/C13H18ClNO4/c1-5-18-12(17)10-9(14)6-8(7-15-10)11(16)19-13(2,3)4/h6-7,12,17H,5H2,1-4H3. The lowest BCUT2D eigenvalue weighted by molar-refractivity contribution is -0.101. The molecule has 0 aliphatic heterocycles. The highest BCUT2D eigenvalue weighted by molar-refractivity contribution is 6.31. The zero-order valence-corrected chi connectivity index (χ0v) is 12.2. The van der Waals surface area contributed by atoms with Crippen LogP contribution in [0.1, 0.15) is 50.0 Å². The summed E-state index contributed by atoms with van der Waals surface area (Å²) in [5.41, 5.74) is -0.184. The van der Waals surface area contributed by atoms with Gasteiger partial charge in [-0.3, -0.25) is 4.98 Å². The van der Waals surface area contributed by atoms with Crippen LogP contribution in [0.25, 0.3) is 0 Å². The Bertz CT molecular complexity index is 456. The van der Waals surface area contributed by atoms with E-state index in [9.17, 15) is 9.90 Å². The van der Waals surface area contributed by atoms with Crippen molar-refractivity contribution in [3.63, 3.8) is 0 Å². The maximum Gasteiger partial charge on any atom is 0.340 e. The minimum atomic E-state index is -1.20. The predicted octanol–water partition coefficient (Wildman–Crippen LogP) is 2.72. The number of halogens is 1. The number of hydrogen-bond acceptors (Lipinski definition) is 5. The number of esters is 1. The summed E-state index contributed by atoms with van der Waals surface area (Å²) in [6.45, 7) is 7.38. The molecule has 1 N–H and O–H groups in total. The maximum atomic E-state index is 11.8. The van der Waals surface area contributed by atoms with Gasteiger partial charge in [0.05, 0.1) is 10.6 Å². The van der Waals surface area contributed by atoms with Crippen LogP contribution in [0.5, 0.6) is 0 Å². The second-order valence-electron chi connectivity index (χ2n) is 4.90. The summed E-state index contributed by atoms with van der Waals surface area (Å²) >= 11 is 5.97. The van der Waals surface area contributed by atoms with E-state index in [1.165, 1.54) is 12.3 Å². The number of carbonyl (C=O) groups excluding carboxylic acids is 1. The van der Waals surface area contributed by atoms with Crippen LogP contribution in [0.15, 0.2) is 12.3 Å². The number of aromatic nitrogens is 1. The molecule has 1 rings (SSSR count). The van der Waals surface area contributed by atoms with Gasteiger partial charge in [-0.1, -0.05) is 11.6 Å². The molecule has 0 fully saturated rings. The third-order valence-corrected chi connectivity index (χ3v) is 2.37. The maximum absolute atomic E-state index is 11.8. The van der Waals surface area contributed by atoms with Crippen LogP contribution in [0.4, 0.5) is 0 Å². The molecule has 1 atom stereocenters. The van der Waals surface area contributed by atoms with Crippen molar-refractivity contribution in [2.24, 2.45) is 0 Å². The molecule has 0 radical (unpaired) electrons. The van der Waals surface area contributed by atoms with E-state index in [2.05, 4.69) is 4.98 Å². The number of aliphatic hydroxyl groups excluding tert-OH is 1. The number of aliphatic hydroxyl groups is 1. The van der Waals surface area contributed by atoms with Crippen molar-refractivity contribution in [1.82, 2.24) is 4.98 Å². The lowest BCUT2D eigenvalue weighted by atomic mass is 10.2. The number of carbonyl (C=O) groups is 1. The van der Waals surface area contributed by atoms with Gasteiger partial charge in [-0.25, -0.2) is 4.79 Å². The molecule has 0 saturated carbocycles. The van der Waals surface area contributed by atoms with Crippen molar-refractivity contribution in [2.45, 2.75) is 39.6 Å². The SMILES string of the molecule is CCOC(O)c1ncc(C(=O)OC(C)(C)C)cc1Cl. The van der Waals surface area contributed by atoms with Gasteiger partial charge in [0.25, 0.3) is 0 Å². The molecule has 0 aromatic carbocycles. The zero-order valence-electron chi connectivity index (χ0n) is 11.4. The molecule has 1 aromatic rings. The molecule has 106 valence electrons. The first kappa shape index (κ1) is 15.9. The summed E-state index contributed by atoms with van der Waals surface area (Å²) in [6, 6.07) is 1.40. The Morgan fingerprint density at radius 2 is 2.16 bits per heavy atom. The van der Waals surface area contributed by atoms with Gasteiger partial charge in [-0.05, 0) is 33.8 Å². The second kappa shape index (κ2) is 6.32. The van der Waals surface area contributed by atoms with E-state index in [0.717, 1.165) is 0 Å². The van der Waals surface area contributed by atoms with Crippen molar-refractivity contribution in [3.8, 4) is 0 Å². The molecule has 0 aliphatic carbocycles. The molecule has 5 nitrogen and oxygen atoms in total. The van der Waals surface area contributed by atoms with Crippen LogP contribution in [0.2, 0.25) is 5.02 Å².